The smallest absolute Gasteiger partial charge is 0.331 e. The molecule has 0 saturated carbocycles. The van der Waals surface area contributed by atoms with Crippen molar-refractivity contribution >= 4 is 17.3 Å². The first-order valence-corrected chi connectivity index (χ1v) is 5.32. The van der Waals surface area contributed by atoms with Crippen LogP contribution in [0.2, 0.25) is 0 Å². The van der Waals surface area contributed by atoms with Gasteiger partial charge in [-0.15, -0.1) is 0 Å². The van der Waals surface area contributed by atoms with Crippen LogP contribution in [0.4, 0.5) is 0 Å². The summed E-state index contributed by atoms with van der Waals surface area (Å²) in [5.41, 5.74) is 1.16. The van der Waals surface area contributed by atoms with Gasteiger partial charge in [-0.25, -0.2) is 4.79 Å². The molecule has 0 spiro atoms. The zero-order valence-electron chi connectivity index (χ0n) is 8.90. The van der Waals surface area contributed by atoms with E-state index in [1.807, 2.05) is 13.8 Å². The molecular weight excluding hydrogens is 214 g/mol. The average Bonchev–Trinajstić information content (AvgIpc) is 2.38. The number of carbonyl (C=O) groups is 1. The molecule has 5 heteroatoms. The first-order chi connectivity index (χ1) is 6.93. The number of hydrogen-bond acceptors (Lipinski definition) is 3. The summed E-state index contributed by atoms with van der Waals surface area (Å²) in [7, 11) is 0. The van der Waals surface area contributed by atoms with Crippen molar-refractivity contribution < 1.29 is 9.90 Å². The lowest BCUT2D eigenvalue weighted by molar-refractivity contribution is -0.132. The van der Waals surface area contributed by atoms with Crippen molar-refractivity contribution in [3.8, 4) is 0 Å². The third-order valence-electron chi connectivity index (χ3n) is 2.29. The second-order valence-corrected chi connectivity index (χ2v) is 4.48. The minimum Gasteiger partial charge on any atom is -0.478 e. The van der Waals surface area contributed by atoms with E-state index in [0.717, 1.165) is 10.6 Å². The molecule has 0 aliphatic rings. The minimum absolute atomic E-state index is 0.0422. The zero-order valence-corrected chi connectivity index (χ0v) is 9.72. The van der Waals surface area contributed by atoms with Gasteiger partial charge in [-0.2, -0.15) is 0 Å². The highest BCUT2D eigenvalue weighted by atomic mass is 32.1. The summed E-state index contributed by atoms with van der Waals surface area (Å²) in [6, 6.07) is 0. The Balaban J connectivity index is 2.96. The van der Waals surface area contributed by atoms with E-state index in [1.165, 1.54) is 18.3 Å². The van der Waals surface area contributed by atoms with Crippen LogP contribution in [-0.4, -0.2) is 15.6 Å². The van der Waals surface area contributed by atoms with Gasteiger partial charge in [0.1, 0.15) is 0 Å². The highest BCUT2D eigenvalue weighted by molar-refractivity contribution is 7.09. The lowest BCUT2D eigenvalue weighted by Gasteiger charge is -2.00. The van der Waals surface area contributed by atoms with Crippen LogP contribution in [0.3, 0.4) is 0 Å². The van der Waals surface area contributed by atoms with E-state index in [4.69, 9.17) is 5.11 Å². The molecule has 0 aliphatic heterocycles. The molecule has 0 aliphatic carbocycles. The summed E-state index contributed by atoms with van der Waals surface area (Å²) in [6.45, 7) is 5.58. The van der Waals surface area contributed by atoms with Crippen LogP contribution in [0, 0.1) is 13.8 Å². The number of carboxylic acids is 1. The number of thiazole rings is 1. The standard InChI is InChI=1S/C10H13NO3S/c1-6(9(12)13)4-5-11-7(2)8(3)15-10(11)14/h4H,5H2,1-3H3,(H,12,13)/b6-4+. The van der Waals surface area contributed by atoms with Gasteiger partial charge in [0.25, 0.3) is 0 Å². The van der Waals surface area contributed by atoms with Crippen LogP contribution < -0.4 is 4.87 Å². The molecule has 0 fully saturated rings. The van der Waals surface area contributed by atoms with Gasteiger partial charge in [0.05, 0.1) is 0 Å². The molecule has 1 aromatic rings. The number of rotatable bonds is 3. The van der Waals surface area contributed by atoms with E-state index in [-0.39, 0.29) is 10.4 Å². The van der Waals surface area contributed by atoms with Gasteiger partial charge in [-0.05, 0) is 20.8 Å². The molecule has 0 bridgehead atoms. The second-order valence-electron chi connectivity index (χ2n) is 3.31. The van der Waals surface area contributed by atoms with Crippen LogP contribution >= 0.6 is 11.3 Å². The maximum absolute atomic E-state index is 11.4. The summed E-state index contributed by atoms with van der Waals surface area (Å²) in [5.74, 6) is -0.951. The fourth-order valence-corrected chi connectivity index (χ4v) is 1.96. The third-order valence-corrected chi connectivity index (χ3v) is 3.29. The molecule has 82 valence electrons. The number of allylic oxidation sites excluding steroid dienone is 1. The van der Waals surface area contributed by atoms with E-state index in [1.54, 1.807) is 10.6 Å². The Kier molecular flexibility index (Phi) is 3.47. The Labute approximate surface area is 91.5 Å². The molecular formula is C10H13NO3S. The van der Waals surface area contributed by atoms with Crippen molar-refractivity contribution in [2.75, 3.05) is 0 Å². The predicted molar refractivity (Wildman–Crippen MR) is 59.4 cm³/mol. The van der Waals surface area contributed by atoms with Gasteiger partial charge in [-0.1, -0.05) is 17.4 Å². The second kappa shape index (κ2) is 4.44. The monoisotopic (exact) mass is 227 g/mol. The van der Waals surface area contributed by atoms with Crippen LogP contribution in [-0.2, 0) is 11.3 Å². The minimum atomic E-state index is -0.951. The number of aromatic nitrogens is 1. The summed E-state index contributed by atoms with van der Waals surface area (Å²) >= 11 is 1.19. The number of aryl methyl sites for hydroxylation is 1. The van der Waals surface area contributed by atoms with Gasteiger partial charge < -0.3 is 5.11 Å². The predicted octanol–water partition coefficient (Wildman–Crippen LogP) is 1.56. The van der Waals surface area contributed by atoms with Crippen molar-refractivity contribution in [3.63, 3.8) is 0 Å². The molecule has 0 amide bonds. The topological polar surface area (TPSA) is 59.3 Å². The summed E-state index contributed by atoms with van der Waals surface area (Å²) in [6.07, 6.45) is 1.54. The van der Waals surface area contributed by atoms with Crippen LogP contribution in [0.15, 0.2) is 16.4 Å². The maximum atomic E-state index is 11.4. The number of aliphatic carboxylic acids is 1. The Morgan fingerprint density at radius 1 is 1.53 bits per heavy atom. The van der Waals surface area contributed by atoms with Crippen molar-refractivity contribution in [1.29, 1.82) is 0 Å². The third kappa shape index (κ3) is 2.56. The fourth-order valence-electron chi connectivity index (χ4n) is 1.11. The van der Waals surface area contributed by atoms with Crippen molar-refractivity contribution in [2.45, 2.75) is 27.3 Å². The Bertz CT molecular complexity index is 468. The van der Waals surface area contributed by atoms with E-state index >= 15 is 0 Å². The van der Waals surface area contributed by atoms with Gasteiger partial charge in [0.2, 0.25) is 0 Å². The normalized spacial score (nSPS) is 11.8. The molecule has 15 heavy (non-hydrogen) atoms. The lowest BCUT2D eigenvalue weighted by Crippen LogP contribution is -2.14. The van der Waals surface area contributed by atoms with Crippen molar-refractivity contribution in [3.05, 3.63) is 31.9 Å². The maximum Gasteiger partial charge on any atom is 0.331 e. The van der Waals surface area contributed by atoms with Crippen LogP contribution in [0.1, 0.15) is 17.5 Å². The van der Waals surface area contributed by atoms with E-state index in [9.17, 15) is 9.59 Å². The van der Waals surface area contributed by atoms with Crippen LogP contribution in [0.5, 0.6) is 0 Å². The average molecular weight is 227 g/mol. The summed E-state index contributed by atoms with van der Waals surface area (Å²) in [4.78, 5) is 22.9. The van der Waals surface area contributed by atoms with Gasteiger partial charge in [0, 0.05) is 22.7 Å². The highest BCUT2D eigenvalue weighted by Gasteiger charge is 2.06. The molecule has 0 saturated heterocycles. The Hall–Kier alpha value is -1.36. The molecule has 4 nitrogen and oxygen atoms in total. The lowest BCUT2D eigenvalue weighted by atomic mass is 10.3. The first-order valence-electron chi connectivity index (χ1n) is 4.50. The molecule has 0 aromatic carbocycles. The summed E-state index contributed by atoms with van der Waals surface area (Å²) < 4.78 is 1.58. The SMILES string of the molecule is C/C(=C\Cn1c(C)c(C)sc1=O)C(=O)O. The molecule has 1 heterocycles. The number of carboxylic acid groups (broad SMARTS) is 1. The van der Waals surface area contributed by atoms with Crippen LogP contribution in [0.25, 0.3) is 0 Å². The van der Waals surface area contributed by atoms with Crippen molar-refractivity contribution in [1.82, 2.24) is 4.57 Å². The Morgan fingerprint density at radius 2 is 2.13 bits per heavy atom. The van der Waals surface area contributed by atoms with E-state index in [2.05, 4.69) is 0 Å². The number of hydrogen-bond donors (Lipinski definition) is 1. The van der Waals surface area contributed by atoms with E-state index < -0.39 is 5.97 Å². The molecule has 0 unspecified atom stereocenters. The largest absolute Gasteiger partial charge is 0.478 e. The molecule has 0 atom stereocenters. The van der Waals surface area contributed by atoms with Gasteiger partial charge >= 0.3 is 10.8 Å². The van der Waals surface area contributed by atoms with Gasteiger partial charge in [-0.3, -0.25) is 9.36 Å². The molecule has 1 N–H and O–H groups in total. The quantitative estimate of drug-likeness (QED) is 0.797. The summed E-state index contributed by atoms with van der Waals surface area (Å²) in [5, 5.41) is 8.65. The highest BCUT2D eigenvalue weighted by Crippen LogP contribution is 2.09. The molecule has 0 radical (unpaired) electrons. The van der Waals surface area contributed by atoms with Crippen molar-refractivity contribution in [2.24, 2.45) is 0 Å². The first kappa shape index (κ1) is 11.7. The molecule has 1 aromatic heterocycles. The Morgan fingerprint density at radius 3 is 2.53 bits per heavy atom. The van der Waals surface area contributed by atoms with Gasteiger partial charge in [0.15, 0.2) is 0 Å². The fraction of sp³-hybridized carbons (Fsp3) is 0.400. The number of nitrogens with zero attached hydrogens (tertiary/aromatic N) is 1. The molecule has 1 rings (SSSR count). The zero-order chi connectivity index (χ0) is 11.6. The van der Waals surface area contributed by atoms with E-state index in [0.29, 0.717) is 6.54 Å².